The Bertz CT molecular complexity index is 629. The van der Waals surface area contributed by atoms with Crippen molar-refractivity contribution in [2.75, 3.05) is 0 Å². The Morgan fingerprint density at radius 2 is 2.05 bits per heavy atom. The van der Waals surface area contributed by atoms with Crippen molar-refractivity contribution in [2.45, 2.75) is 19.3 Å². The van der Waals surface area contributed by atoms with Crippen LogP contribution in [0.2, 0.25) is 0 Å². The third kappa shape index (κ3) is 2.58. The molecule has 0 N–H and O–H groups in total. The molecule has 1 aliphatic rings. The van der Waals surface area contributed by atoms with Gasteiger partial charge in [0.2, 0.25) is 0 Å². The van der Waals surface area contributed by atoms with Gasteiger partial charge in [0, 0.05) is 12.8 Å². The van der Waals surface area contributed by atoms with Crippen molar-refractivity contribution in [3.8, 4) is 5.06 Å². The average molecular weight is 272 g/mol. The highest BCUT2D eigenvalue weighted by Crippen LogP contribution is 2.23. The molecule has 4 heteroatoms. The van der Waals surface area contributed by atoms with Crippen molar-refractivity contribution in [3.63, 3.8) is 0 Å². The highest BCUT2D eigenvalue weighted by Gasteiger charge is 2.18. The Morgan fingerprint density at radius 3 is 2.84 bits per heavy atom. The molecule has 1 aromatic heterocycles. The van der Waals surface area contributed by atoms with Gasteiger partial charge in [-0.1, -0.05) is 6.07 Å². The van der Waals surface area contributed by atoms with E-state index in [4.69, 9.17) is 4.74 Å². The second kappa shape index (κ2) is 4.97. The van der Waals surface area contributed by atoms with Gasteiger partial charge in [-0.2, -0.15) is 0 Å². The Morgan fingerprint density at radius 1 is 1.16 bits per heavy atom. The van der Waals surface area contributed by atoms with Gasteiger partial charge < -0.3 is 4.74 Å². The first-order chi connectivity index (χ1) is 9.22. The summed E-state index contributed by atoms with van der Waals surface area (Å²) in [7, 11) is 0. The van der Waals surface area contributed by atoms with Gasteiger partial charge in [-0.25, -0.2) is 4.79 Å². The summed E-state index contributed by atoms with van der Waals surface area (Å²) in [5.74, 6) is -0.139. The quantitative estimate of drug-likeness (QED) is 0.789. The van der Waals surface area contributed by atoms with E-state index in [1.165, 1.54) is 11.3 Å². The van der Waals surface area contributed by atoms with Gasteiger partial charge in [0.15, 0.2) is 5.06 Å². The molecule has 19 heavy (non-hydrogen) atoms. The van der Waals surface area contributed by atoms with Crippen LogP contribution in [0.5, 0.6) is 5.06 Å². The van der Waals surface area contributed by atoms with Crippen molar-refractivity contribution in [3.05, 3.63) is 52.4 Å². The third-order valence-corrected chi connectivity index (χ3v) is 3.94. The lowest BCUT2D eigenvalue weighted by molar-refractivity contribution is -0.118. The monoisotopic (exact) mass is 272 g/mol. The summed E-state index contributed by atoms with van der Waals surface area (Å²) in [6.07, 6.45) is 1.80. The number of esters is 1. The average Bonchev–Trinajstić information content (AvgIpc) is 2.90. The van der Waals surface area contributed by atoms with Gasteiger partial charge in [-0.15, -0.1) is 11.3 Å². The molecule has 2 aromatic rings. The minimum atomic E-state index is -0.372. The standard InChI is InChI=1S/C15H12O3S/c16-13-6-5-10-3-4-11(8-12(10)9-13)15(17)18-14-2-1-7-19-14/h1-4,7-8H,5-6,9H2. The summed E-state index contributed by atoms with van der Waals surface area (Å²) in [6.45, 7) is 0. The van der Waals surface area contributed by atoms with Crippen LogP contribution in [0, 0.1) is 0 Å². The van der Waals surface area contributed by atoms with Crippen LogP contribution in [-0.2, 0) is 17.6 Å². The van der Waals surface area contributed by atoms with Crippen molar-refractivity contribution < 1.29 is 14.3 Å². The first-order valence-corrected chi connectivity index (χ1v) is 6.99. The fraction of sp³-hybridized carbons (Fsp3) is 0.200. The van der Waals surface area contributed by atoms with Gasteiger partial charge in [-0.05, 0) is 47.2 Å². The topological polar surface area (TPSA) is 43.4 Å². The predicted molar refractivity (Wildman–Crippen MR) is 72.8 cm³/mol. The first kappa shape index (κ1) is 12.1. The molecular weight excluding hydrogens is 260 g/mol. The van der Waals surface area contributed by atoms with Gasteiger partial charge in [0.1, 0.15) is 5.78 Å². The molecule has 1 aliphatic carbocycles. The van der Waals surface area contributed by atoms with Crippen LogP contribution in [0.25, 0.3) is 0 Å². The van der Waals surface area contributed by atoms with E-state index in [1.807, 2.05) is 17.5 Å². The van der Waals surface area contributed by atoms with Gasteiger partial charge in [-0.3, -0.25) is 4.79 Å². The number of Topliss-reactive ketones (excluding diaryl/α,β-unsaturated/α-hetero) is 1. The van der Waals surface area contributed by atoms with Crippen LogP contribution in [0.4, 0.5) is 0 Å². The molecule has 0 saturated carbocycles. The van der Waals surface area contributed by atoms with Crippen LogP contribution in [0.1, 0.15) is 27.9 Å². The van der Waals surface area contributed by atoms with Crippen LogP contribution < -0.4 is 4.74 Å². The predicted octanol–water partition coefficient (Wildman–Crippen LogP) is 3.03. The zero-order valence-corrected chi connectivity index (χ0v) is 11.0. The maximum Gasteiger partial charge on any atom is 0.344 e. The Kier molecular flexibility index (Phi) is 3.17. The molecule has 3 nitrogen and oxygen atoms in total. The van der Waals surface area contributed by atoms with E-state index in [1.54, 1.807) is 18.2 Å². The van der Waals surface area contributed by atoms with Crippen LogP contribution in [0.3, 0.4) is 0 Å². The number of hydrogen-bond donors (Lipinski definition) is 0. The van der Waals surface area contributed by atoms with Gasteiger partial charge in [0.25, 0.3) is 0 Å². The number of benzene rings is 1. The molecule has 0 aliphatic heterocycles. The lowest BCUT2D eigenvalue weighted by Gasteiger charge is -2.15. The van der Waals surface area contributed by atoms with Gasteiger partial charge >= 0.3 is 5.97 Å². The van der Waals surface area contributed by atoms with Crippen LogP contribution in [0.15, 0.2) is 35.7 Å². The molecular formula is C15H12O3S. The minimum Gasteiger partial charge on any atom is -0.412 e. The number of ether oxygens (including phenoxy) is 1. The lowest BCUT2D eigenvalue weighted by Crippen LogP contribution is -2.15. The van der Waals surface area contributed by atoms with E-state index in [0.717, 1.165) is 17.5 Å². The molecule has 0 saturated heterocycles. The number of ketones is 1. The molecule has 3 rings (SSSR count). The first-order valence-electron chi connectivity index (χ1n) is 6.11. The smallest absolute Gasteiger partial charge is 0.344 e. The highest BCUT2D eigenvalue weighted by molar-refractivity contribution is 7.11. The molecule has 0 fully saturated rings. The molecule has 96 valence electrons. The minimum absolute atomic E-state index is 0.233. The normalized spacial score (nSPS) is 14.0. The Labute approximate surface area is 114 Å². The fourth-order valence-corrected chi connectivity index (χ4v) is 2.78. The second-order valence-electron chi connectivity index (χ2n) is 4.52. The molecule has 0 bridgehead atoms. The fourth-order valence-electron chi connectivity index (χ4n) is 2.21. The summed E-state index contributed by atoms with van der Waals surface area (Å²) in [5, 5.41) is 2.44. The maximum atomic E-state index is 12.0. The molecule has 0 radical (unpaired) electrons. The molecule has 1 heterocycles. The Hall–Kier alpha value is -1.94. The number of aryl methyl sites for hydroxylation is 1. The van der Waals surface area contributed by atoms with Crippen molar-refractivity contribution in [1.82, 2.24) is 0 Å². The number of carbonyl (C=O) groups excluding carboxylic acids is 2. The summed E-state index contributed by atoms with van der Waals surface area (Å²) >= 11 is 1.38. The molecule has 1 aromatic carbocycles. The zero-order valence-electron chi connectivity index (χ0n) is 10.2. The number of rotatable bonds is 2. The molecule has 0 unspecified atom stereocenters. The van der Waals surface area contributed by atoms with E-state index in [9.17, 15) is 9.59 Å². The third-order valence-electron chi connectivity index (χ3n) is 3.19. The van der Waals surface area contributed by atoms with E-state index in [2.05, 4.69) is 0 Å². The molecule has 0 spiro atoms. The SMILES string of the molecule is O=C1CCc2ccc(C(=O)Oc3cccs3)cc2C1. The number of fused-ring (bicyclic) bond motifs is 1. The van der Waals surface area contributed by atoms with E-state index in [0.29, 0.717) is 23.5 Å². The summed E-state index contributed by atoms with van der Waals surface area (Å²) < 4.78 is 5.25. The van der Waals surface area contributed by atoms with Crippen molar-refractivity contribution in [1.29, 1.82) is 0 Å². The lowest BCUT2D eigenvalue weighted by atomic mass is 9.89. The summed E-state index contributed by atoms with van der Waals surface area (Å²) in [4.78, 5) is 23.4. The number of hydrogen-bond acceptors (Lipinski definition) is 4. The van der Waals surface area contributed by atoms with E-state index < -0.39 is 0 Å². The number of carbonyl (C=O) groups is 2. The second-order valence-corrected chi connectivity index (χ2v) is 5.43. The summed E-state index contributed by atoms with van der Waals surface area (Å²) in [5.41, 5.74) is 2.62. The van der Waals surface area contributed by atoms with E-state index >= 15 is 0 Å². The summed E-state index contributed by atoms with van der Waals surface area (Å²) in [6, 6.07) is 9.06. The zero-order chi connectivity index (χ0) is 13.2. The maximum absolute atomic E-state index is 12.0. The Balaban J connectivity index is 1.83. The van der Waals surface area contributed by atoms with Crippen LogP contribution >= 0.6 is 11.3 Å². The molecule has 0 atom stereocenters. The van der Waals surface area contributed by atoms with E-state index in [-0.39, 0.29) is 11.8 Å². The van der Waals surface area contributed by atoms with Gasteiger partial charge in [0.05, 0.1) is 5.56 Å². The van der Waals surface area contributed by atoms with Crippen LogP contribution in [-0.4, -0.2) is 11.8 Å². The largest absolute Gasteiger partial charge is 0.412 e. The number of thiophene rings is 1. The van der Waals surface area contributed by atoms with Crippen molar-refractivity contribution >= 4 is 23.1 Å². The molecule has 0 amide bonds. The highest BCUT2D eigenvalue weighted by atomic mass is 32.1. The van der Waals surface area contributed by atoms with Crippen molar-refractivity contribution in [2.24, 2.45) is 0 Å².